The predicted molar refractivity (Wildman–Crippen MR) is 58.3 cm³/mol. The van der Waals surface area contributed by atoms with Gasteiger partial charge in [0.1, 0.15) is 0 Å². The molecule has 88 valence electrons. The van der Waals surface area contributed by atoms with Gasteiger partial charge in [0.15, 0.2) is 17.3 Å². The molecule has 1 aromatic carbocycles. The van der Waals surface area contributed by atoms with Crippen LogP contribution in [0.1, 0.15) is 12.0 Å². The maximum atomic E-state index is 13.7. The number of rotatable bonds is 4. The molecular formula is C10H10BrFO4. The Bertz CT molecular complexity index is 420. The highest BCUT2D eigenvalue weighted by Gasteiger charge is 2.18. The van der Waals surface area contributed by atoms with Crippen molar-refractivity contribution in [3.63, 3.8) is 0 Å². The van der Waals surface area contributed by atoms with Crippen LogP contribution in [0.5, 0.6) is 11.5 Å². The van der Waals surface area contributed by atoms with E-state index in [9.17, 15) is 14.3 Å². The minimum Gasteiger partial charge on any atom is -0.504 e. The molecule has 0 unspecified atom stereocenters. The second-order valence-electron chi connectivity index (χ2n) is 3.10. The van der Waals surface area contributed by atoms with Crippen LogP contribution in [-0.2, 0) is 11.2 Å². The average molecular weight is 293 g/mol. The summed E-state index contributed by atoms with van der Waals surface area (Å²) < 4.78 is 18.7. The SMILES string of the molecule is COc1c(O)cc(Br)c(CCC(=O)O)c1F. The van der Waals surface area contributed by atoms with Crippen LogP contribution in [0.15, 0.2) is 10.5 Å². The summed E-state index contributed by atoms with van der Waals surface area (Å²) in [6.07, 6.45) is -0.165. The Morgan fingerprint density at radius 1 is 1.62 bits per heavy atom. The van der Waals surface area contributed by atoms with E-state index in [4.69, 9.17) is 5.11 Å². The number of carboxylic acid groups (broad SMARTS) is 1. The summed E-state index contributed by atoms with van der Waals surface area (Å²) in [5.74, 6) is -2.36. The summed E-state index contributed by atoms with van der Waals surface area (Å²) in [4.78, 5) is 10.4. The Kier molecular flexibility index (Phi) is 4.12. The van der Waals surface area contributed by atoms with Gasteiger partial charge in [0, 0.05) is 16.5 Å². The van der Waals surface area contributed by atoms with Gasteiger partial charge in [0.25, 0.3) is 0 Å². The molecule has 1 rings (SSSR count). The molecule has 0 spiro atoms. The second-order valence-corrected chi connectivity index (χ2v) is 3.95. The number of methoxy groups -OCH3 is 1. The first-order valence-electron chi connectivity index (χ1n) is 4.43. The largest absolute Gasteiger partial charge is 0.504 e. The molecular weight excluding hydrogens is 283 g/mol. The van der Waals surface area contributed by atoms with E-state index >= 15 is 0 Å². The third kappa shape index (κ3) is 2.63. The van der Waals surface area contributed by atoms with Gasteiger partial charge in [-0.15, -0.1) is 0 Å². The zero-order valence-electron chi connectivity index (χ0n) is 8.46. The van der Waals surface area contributed by atoms with Crippen LogP contribution in [0.3, 0.4) is 0 Å². The Labute approximate surface area is 99.8 Å². The zero-order chi connectivity index (χ0) is 12.3. The molecule has 4 nitrogen and oxygen atoms in total. The lowest BCUT2D eigenvalue weighted by Gasteiger charge is -2.10. The fraction of sp³-hybridized carbons (Fsp3) is 0.300. The van der Waals surface area contributed by atoms with Gasteiger partial charge < -0.3 is 14.9 Å². The van der Waals surface area contributed by atoms with E-state index in [1.54, 1.807) is 0 Å². The van der Waals surface area contributed by atoms with Crippen molar-refractivity contribution in [1.82, 2.24) is 0 Å². The number of hydrogen-bond acceptors (Lipinski definition) is 3. The average Bonchev–Trinajstić information content (AvgIpc) is 2.16. The van der Waals surface area contributed by atoms with Gasteiger partial charge in [0.05, 0.1) is 7.11 Å². The number of benzene rings is 1. The first kappa shape index (κ1) is 12.8. The van der Waals surface area contributed by atoms with Crippen molar-refractivity contribution in [2.24, 2.45) is 0 Å². The number of aromatic hydroxyl groups is 1. The molecule has 16 heavy (non-hydrogen) atoms. The van der Waals surface area contributed by atoms with Crippen molar-refractivity contribution in [3.8, 4) is 11.5 Å². The molecule has 0 saturated carbocycles. The molecule has 0 saturated heterocycles. The highest BCUT2D eigenvalue weighted by molar-refractivity contribution is 9.10. The van der Waals surface area contributed by atoms with Crippen LogP contribution >= 0.6 is 15.9 Å². The number of ether oxygens (including phenoxy) is 1. The van der Waals surface area contributed by atoms with Crippen molar-refractivity contribution in [3.05, 3.63) is 21.9 Å². The molecule has 0 atom stereocenters. The van der Waals surface area contributed by atoms with Gasteiger partial charge in [0.2, 0.25) is 0 Å². The van der Waals surface area contributed by atoms with Crippen molar-refractivity contribution in [1.29, 1.82) is 0 Å². The molecule has 0 bridgehead atoms. The highest BCUT2D eigenvalue weighted by Crippen LogP contribution is 2.36. The van der Waals surface area contributed by atoms with Gasteiger partial charge in [-0.2, -0.15) is 0 Å². The lowest BCUT2D eigenvalue weighted by atomic mass is 10.1. The number of hydrogen-bond donors (Lipinski definition) is 2. The van der Waals surface area contributed by atoms with Crippen LogP contribution in [0.25, 0.3) is 0 Å². The highest BCUT2D eigenvalue weighted by atomic mass is 79.9. The number of halogens is 2. The number of phenolic OH excluding ortho intramolecular Hbond substituents is 1. The quantitative estimate of drug-likeness (QED) is 0.894. The fourth-order valence-corrected chi connectivity index (χ4v) is 1.87. The van der Waals surface area contributed by atoms with Gasteiger partial charge >= 0.3 is 5.97 Å². The standard InChI is InChI=1S/C10H10BrFO4/c1-16-10-7(13)4-6(11)5(9(10)12)2-3-8(14)15/h4,13H,2-3H2,1H3,(H,14,15). The van der Waals surface area contributed by atoms with E-state index in [-0.39, 0.29) is 29.9 Å². The molecule has 0 aliphatic heterocycles. The minimum atomic E-state index is -1.02. The zero-order valence-corrected chi connectivity index (χ0v) is 10.0. The molecule has 0 aliphatic carbocycles. The number of carbonyl (C=O) groups is 1. The van der Waals surface area contributed by atoms with Crippen molar-refractivity contribution >= 4 is 21.9 Å². The van der Waals surface area contributed by atoms with E-state index in [0.29, 0.717) is 4.47 Å². The molecule has 0 amide bonds. The first-order valence-corrected chi connectivity index (χ1v) is 5.22. The second kappa shape index (κ2) is 5.16. The van der Waals surface area contributed by atoms with Crippen molar-refractivity contribution in [2.75, 3.05) is 7.11 Å². The summed E-state index contributed by atoms with van der Waals surface area (Å²) >= 11 is 3.06. The normalized spacial score (nSPS) is 10.2. The Balaban J connectivity index is 3.12. The van der Waals surface area contributed by atoms with E-state index in [1.807, 2.05) is 0 Å². The van der Waals surface area contributed by atoms with Crippen LogP contribution in [0.2, 0.25) is 0 Å². The van der Waals surface area contributed by atoms with Gasteiger partial charge in [-0.05, 0) is 12.5 Å². The van der Waals surface area contributed by atoms with Crippen LogP contribution in [0, 0.1) is 5.82 Å². The Hall–Kier alpha value is -1.30. The van der Waals surface area contributed by atoms with Gasteiger partial charge in [-0.1, -0.05) is 15.9 Å². The van der Waals surface area contributed by atoms with Gasteiger partial charge in [-0.25, -0.2) is 4.39 Å². The summed E-state index contributed by atoms with van der Waals surface area (Å²) in [7, 11) is 1.23. The molecule has 0 aliphatic rings. The number of carboxylic acids is 1. The summed E-state index contributed by atoms with van der Waals surface area (Å²) in [5, 5.41) is 17.9. The van der Waals surface area contributed by atoms with Gasteiger partial charge in [-0.3, -0.25) is 4.79 Å². The van der Waals surface area contributed by atoms with E-state index < -0.39 is 11.8 Å². The Morgan fingerprint density at radius 2 is 2.25 bits per heavy atom. The molecule has 0 radical (unpaired) electrons. The third-order valence-electron chi connectivity index (χ3n) is 2.04. The molecule has 6 heteroatoms. The van der Waals surface area contributed by atoms with Crippen LogP contribution < -0.4 is 4.74 Å². The van der Waals surface area contributed by atoms with Crippen LogP contribution in [0.4, 0.5) is 4.39 Å². The van der Waals surface area contributed by atoms with E-state index in [1.165, 1.54) is 13.2 Å². The maximum absolute atomic E-state index is 13.7. The number of phenols is 1. The summed E-state index contributed by atoms with van der Waals surface area (Å²) in [6.45, 7) is 0. The monoisotopic (exact) mass is 292 g/mol. The lowest BCUT2D eigenvalue weighted by molar-refractivity contribution is -0.136. The first-order chi connectivity index (χ1) is 7.47. The number of aliphatic carboxylic acids is 1. The molecule has 0 fully saturated rings. The third-order valence-corrected chi connectivity index (χ3v) is 2.75. The molecule has 0 aromatic heterocycles. The predicted octanol–water partition coefficient (Wildman–Crippen LogP) is 2.32. The Morgan fingerprint density at radius 3 is 2.75 bits per heavy atom. The lowest BCUT2D eigenvalue weighted by Crippen LogP contribution is -2.02. The maximum Gasteiger partial charge on any atom is 0.303 e. The summed E-state index contributed by atoms with van der Waals surface area (Å²) in [5.41, 5.74) is 0.178. The van der Waals surface area contributed by atoms with Crippen LogP contribution in [-0.4, -0.2) is 23.3 Å². The molecule has 1 aromatic rings. The van der Waals surface area contributed by atoms with Crippen molar-refractivity contribution in [2.45, 2.75) is 12.8 Å². The minimum absolute atomic E-state index is 0.0262. The summed E-state index contributed by atoms with van der Waals surface area (Å²) in [6, 6.07) is 1.28. The molecule has 2 N–H and O–H groups in total. The van der Waals surface area contributed by atoms with E-state index in [0.717, 1.165) is 0 Å². The fourth-order valence-electron chi connectivity index (χ4n) is 1.28. The van der Waals surface area contributed by atoms with E-state index in [2.05, 4.69) is 20.7 Å². The molecule has 0 heterocycles. The smallest absolute Gasteiger partial charge is 0.303 e. The topological polar surface area (TPSA) is 66.8 Å². The van der Waals surface area contributed by atoms with Crippen molar-refractivity contribution < 1.29 is 24.1 Å².